The minimum absolute atomic E-state index is 0.145. The highest BCUT2D eigenvalue weighted by atomic mass is 16.3. The van der Waals surface area contributed by atoms with Crippen molar-refractivity contribution in [2.75, 3.05) is 6.61 Å². The molecule has 0 aliphatic heterocycles. The molecular formula is C8H12N2O. The maximum Gasteiger partial charge on any atom is 0.0954 e. The predicted octanol–water partition coefficient (Wildman–Crippen LogP) is 0.908. The number of aliphatic hydroxyl groups excluding tert-OH is 1. The van der Waals surface area contributed by atoms with Gasteiger partial charge in [0.2, 0.25) is 0 Å². The third-order valence-corrected chi connectivity index (χ3v) is 1.43. The van der Waals surface area contributed by atoms with Crippen molar-refractivity contribution >= 4 is 5.57 Å². The molecule has 1 N–H and O–H groups in total. The summed E-state index contributed by atoms with van der Waals surface area (Å²) < 4.78 is 1.84. The summed E-state index contributed by atoms with van der Waals surface area (Å²) in [6.45, 7) is 6.41. The SMILES string of the molecule is C=C(C)c1cn(CCO)cn1. The van der Waals surface area contributed by atoms with Crippen LogP contribution in [-0.2, 0) is 6.54 Å². The predicted molar refractivity (Wildman–Crippen MR) is 44.0 cm³/mol. The molecule has 0 aromatic carbocycles. The maximum absolute atomic E-state index is 8.60. The molecular weight excluding hydrogens is 140 g/mol. The Labute approximate surface area is 66.0 Å². The topological polar surface area (TPSA) is 38.0 Å². The van der Waals surface area contributed by atoms with Crippen LogP contribution < -0.4 is 0 Å². The number of nitrogens with zero attached hydrogens (tertiary/aromatic N) is 2. The Morgan fingerprint density at radius 1 is 1.82 bits per heavy atom. The van der Waals surface area contributed by atoms with Crippen LogP contribution in [0.25, 0.3) is 5.57 Å². The van der Waals surface area contributed by atoms with Crippen LogP contribution in [-0.4, -0.2) is 21.3 Å². The molecule has 0 radical (unpaired) electrons. The van der Waals surface area contributed by atoms with Crippen LogP contribution in [0.4, 0.5) is 0 Å². The van der Waals surface area contributed by atoms with E-state index in [-0.39, 0.29) is 6.61 Å². The lowest BCUT2D eigenvalue weighted by Crippen LogP contribution is -1.97. The van der Waals surface area contributed by atoms with Gasteiger partial charge in [0, 0.05) is 12.7 Å². The van der Waals surface area contributed by atoms with E-state index >= 15 is 0 Å². The summed E-state index contributed by atoms with van der Waals surface area (Å²) in [7, 11) is 0. The van der Waals surface area contributed by atoms with E-state index in [2.05, 4.69) is 11.6 Å². The highest BCUT2D eigenvalue weighted by molar-refractivity contribution is 5.56. The molecule has 3 heteroatoms. The zero-order valence-electron chi connectivity index (χ0n) is 6.62. The number of aromatic nitrogens is 2. The van der Waals surface area contributed by atoms with Crippen molar-refractivity contribution in [3.63, 3.8) is 0 Å². The molecule has 1 aromatic heterocycles. The van der Waals surface area contributed by atoms with E-state index < -0.39 is 0 Å². The molecule has 0 bridgehead atoms. The summed E-state index contributed by atoms with van der Waals surface area (Å²) in [5.74, 6) is 0. The average molecular weight is 152 g/mol. The van der Waals surface area contributed by atoms with Crippen molar-refractivity contribution in [3.05, 3.63) is 24.8 Å². The summed E-state index contributed by atoms with van der Waals surface area (Å²) in [4.78, 5) is 4.09. The lowest BCUT2D eigenvalue weighted by atomic mass is 10.3. The molecule has 60 valence electrons. The zero-order chi connectivity index (χ0) is 8.27. The Bertz CT molecular complexity index is 252. The second-order valence-corrected chi connectivity index (χ2v) is 2.50. The van der Waals surface area contributed by atoms with Crippen LogP contribution in [0, 0.1) is 0 Å². The first-order valence-corrected chi connectivity index (χ1v) is 3.52. The smallest absolute Gasteiger partial charge is 0.0954 e. The molecule has 0 aliphatic rings. The second kappa shape index (κ2) is 3.34. The van der Waals surface area contributed by atoms with Crippen molar-refractivity contribution < 1.29 is 5.11 Å². The van der Waals surface area contributed by atoms with Gasteiger partial charge in [-0.2, -0.15) is 0 Å². The van der Waals surface area contributed by atoms with Gasteiger partial charge >= 0.3 is 0 Å². The van der Waals surface area contributed by atoms with E-state index in [0.717, 1.165) is 11.3 Å². The summed E-state index contributed by atoms with van der Waals surface area (Å²) in [6.07, 6.45) is 3.57. The van der Waals surface area contributed by atoms with Crippen molar-refractivity contribution in [1.29, 1.82) is 0 Å². The average Bonchev–Trinajstić information content (AvgIpc) is 2.37. The second-order valence-electron chi connectivity index (χ2n) is 2.50. The van der Waals surface area contributed by atoms with Gasteiger partial charge in [0.15, 0.2) is 0 Å². The standard InChI is InChI=1S/C8H12N2O/c1-7(2)8-5-10(3-4-11)6-9-8/h5-6,11H,1,3-4H2,2H3. The van der Waals surface area contributed by atoms with Gasteiger partial charge in [-0.25, -0.2) is 4.98 Å². The maximum atomic E-state index is 8.60. The van der Waals surface area contributed by atoms with Gasteiger partial charge in [-0.3, -0.25) is 0 Å². The monoisotopic (exact) mass is 152 g/mol. The number of aliphatic hydroxyl groups is 1. The molecule has 3 nitrogen and oxygen atoms in total. The van der Waals surface area contributed by atoms with E-state index in [9.17, 15) is 0 Å². The van der Waals surface area contributed by atoms with Gasteiger partial charge in [0.1, 0.15) is 0 Å². The molecule has 0 aliphatic carbocycles. The normalized spacial score (nSPS) is 10.0. The Kier molecular flexibility index (Phi) is 2.44. The van der Waals surface area contributed by atoms with Crippen LogP contribution in [0.3, 0.4) is 0 Å². The Morgan fingerprint density at radius 2 is 2.55 bits per heavy atom. The molecule has 0 spiro atoms. The molecule has 1 aromatic rings. The van der Waals surface area contributed by atoms with Gasteiger partial charge in [-0.15, -0.1) is 0 Å². The summed E-state index contributed by atoms with van der Waals surface area (Å²) >= 11 is 0. The van der Waals surface area contributed by atoms with Gasteiger partial charge in [0.05, 0.1) is 18.6 Å². The van der Waals surface area contributed by atoms with Gasteiger partial charge in [-0.1, -0.05) is 6.58 Å². The fraction of sp³-hybridized carbons (Fsp3) is 0.375. The van der Waals surface area contributed by atoms with Gasteiger partial charge in [0.25, 0.3) is 0 Å². The highest BCUT2D eigenvalue weighted by Gasteiger charge is 1.96. The van der Waals surface area contributed by atoms with Crippen molar-refractivity contribution in [1.82, 2.24) is 9.55 Å². The fourth-order valence-electron chi connectivity index (χ4n) is 0.818. The Morgan fingerprint density at radius 3 is 3.00 bits per heavy atom. The zero-order valence-corrected chi connectivity index (χ0v) is 6.62. The lowest BCUT2D eigenvalue weighted by Gasteiger charge is -1.94. The van der Waals surface area contributed by atoms with E-state index in [1.54, 1.807) is 6.33 Å². The Hall–Kier alpha value is -1.09. The van der Waals surface area contributed by atoms with Crippen molar-refractivity contribution in [2.45, 2.75) is 13.5 Å². The van der Waals surface area contributed by atoms with E-state index in [1.807, 2.05) is 17.7 Å². The third-order valence-electron chi connectivity index (χ3n) is 1.43. The molecule has 0 amide bonds. The van der Waals surface area contributed by atoms with Crippen molar-refractivity contribution in [2.24, 2.45) is 0 Å². The fourth-order valence-corrected chi connectivity index (χ4v) is 0.818. The first kappa shape index (κ1) is 8.01. The first-order valence-electron chi connectivity index (χ1n) is 3.52. The first-order chi connectivity index (χ1) is 5.24. The molecule has 1 heterocycles. The van der Waals surface area contributed by atoms with E-state index in [1.165, 1.54) is 0 Å². The van der Waals surface area contributed by atoms with Crippen molar-refractivity contribution in [3.8, 4) is 0 Å². The van der Waals surface area contributed by atoms with Gasteiger partial charge < -0.3 is 9.67 Å². The summed E-state index contributed by atoms with van der Waals surface area (Å²) in [5.41, 5.74) is 1.83. The van der Waals surface area contributed by atoms with E-state index in [4.69, 9.17) is 5.11 Å². The quantitative estimate of drug-likeness (QED) is 0.699. The number of hydrogen-bond acceptors (Lipinski definition) is 2. The van der Waals surface area contributed by atoms with Crippen LogP contribution in [0.1, 0.15) is 12.6 Å². The molecule has 1 rings (SSSR count). The number of imidazole rings is 1. The number of allylic oxidation sites excluding steroid dienone is 1. The highest BCUT2D eigenvalue weighted by Crippen LogP contribution is 2.06. The Balaban J connectivity index is 2.73. The minimum Gasteiger partial charge on any atom is -0.395 e. The minimum atomic E-state index is 0.145. The van der Waals surface area contributed by atoms with Crippen LogP contribution >= 0.6 is 0 Å². The number of hydrogen-bond donors (Lipinski definition) is 1. The summed E-state index contributed by atoms with van der Waals surface area (Å²) in [5, 5.41) is 8.60. The number of rotatable bonds is 3. The van der Waals surface area contributed by atoms with Crippen LogP contribution in [0.15, 0.2) is 19.1 Å². The molecule has 0 fully saturated rings. The molecule has 11 heavy (non-hydrogen) atoms. The molecule has 0 saturated carbocycles. The molecule has 0 atom stereocenters. The molecule has 0 unspecified atom stereocenters. The lowest BCUT2D eigenvalue weighted by molar-refractivity contribution is 0.276. The van der Waals surface area contributed by atoms with Crippen LogP contribution in [0.5, 0.6) is 0 Å². The molecule has 0 saturated heterocycles. The van der Waals surface area contributed by atoms with Crippen LogP contribution in [0.2, 0.25) is 0 Å². The largest absolute Gasteiger partial charge is 0.395 e. The third kappa shape index (κ3) is 1.91. The van der Waals surface area contributed by atoms with E-state index in [0.29, 0.717) is 6.54 Å². The summed E-state index contributed by atoms with van der Waals surface area (Å²) in [6, 6.07) is 0. The van der Waals surface area contributed by atoms with Gasteiger partial charge in [-0.05, 0) is 12.5 Å².